The first kappa shape index (κ1) is 16.9. The van der Waals surface area contributed by atoms with Gasteiger partial charge in [0.25, 0.3) is 0 Å². The van der Waals surface area contributed by atoms with E-state index in [4.69, 9.17) is 16.3 Å². The lowest BCUT2D eigenvalue weighted by Gasteiger charge is -2.20. The van der Waals surface area contributed by atoms with Crippen LogP contribution in [-0.4, -0.2) is 21.4 Å². The highest BCUT2D eigenvalue weighted by Gasteiger charge is 2.41. The van der Waals surface area contributed by atoms with Gasteiger partial charge in [-0.2, -0.15) is 0 Å². The van der Waals surface area contributed by atoms with E-state index in [-0.39, 0.29) is 5.41 Å². The predicted octanol–water partition coefficient (Wildman–Crippen LogP) is 5.03. The molecule has 2 bridgehead atoms. The van der Waals surface area contributed by atoms with E-state index in [1.165, 1.54) is 25.7 Å². The van der Waals surface area contributed by atoms with Gasteiger partial charge in [-0.3, -0.25) is 0 Å². The fourth-order valence-corrected chi connectivity index (χ4v) is 4.90. The van der Waals surface area contributed by atoms with Gasteiger partial charge in [0.1, 0.15) is 5.15 Å². The Kier molecular flexibility index (Phi) is 4.27. The summed E-state index contributed by atoms with van der Waals surface area (Å²) < 4.78 is 7.72. The molecule has 0 atom stereocenters. The molecule has 2 saturated carbocycles. The van der Waals surface area contributed by atoms with E-state index in [1.807, 2.05) is 24.4 Å². The molecule has 0 amide bonds. The van der Waals surface area contributed by atoms with Crippen LogP contribution in [0.2, 0.25) is 5.15 Å². The van der Waals surface area contributed by atoms with Gasteiger partial charge >= 0.3 is 0 Å². The summed E-state index contributed by atoms with van der Waals surface area (Å²) in [7, 11) is 0. The van der Waals surface area contributed by atoms with Gasteiger partial charge in [0.2, 0.25) is 5.88 Å². The van der Waals surface area contributed by atoms with Crippen molar-refractivity contribution < 1.29 is 4.74 Å². The number of hydrogen-bond donors (Lipinski definition) is 0. The quantitative estimate of drug-likeness (QED) is 0.718. The average molecular weight is 360 g/mol. The number of halogens is 1. The number of pyridine rings is 1. The molecule has 2 aliphatic rings. The van der Waals surface area contributed by atoms with Crippen molar-refractivity contribution in [1.29, 1.82) is 0 Å². The van der Waals surface area contributed by atoms with Crippen molar-refractivity contribution in [3.63, 3.8) is 0 Å². The lowest BCUT2D eigenvalue weighted by atomic mass is 9.88. The predicted molar refractivity (Wildman–Crippen MR) is 99.5 cm³/mol. The maximum Gasteiger partial charge on any atom is 0.233 e. The molecule has 0 saturated heterocycles. The van der Waals surface area contributed by atoms with Crippen LogP contribution in [0.25, 0.3) is 5.82 Å². The molecular weight excluding hydrogens is 334 g/mol. The molecule has 2 aromatic rings. The summed E-state index contributed by atoms with van der Waals surface area (Å²) in [5, 5.41) is 5.05. The third kappa shape index (κ3) is 3.29. The Morgan fingerprint density at radius 3 is 2.40 bits per heavy atom. The lowest BCUT2D eigenvalue weighted by Crippen LogP contribution is -2.16. The van der Waals surface area contributed by atoms with Crippen LogP contribution in [0.15, 0.2) is 24.4 Å². The lowest BCUT2D eigenvalue weighted by molar-refractivity contribution is 0.205. The smallest absolute Gasteiger partial charge is 0.233 e. The van der Waals surface area contributed by atoms with Crippen LogP contribution < -0.4 is 4.74 Å². The van der Waals surface area contributed by atoms with Crippen molar-refractivity contribution in [1.82, 2.24) is 14.8 Å². The van der Waals surface area contributed by atoms with Crippen molar-refractivity contribution in [2.75, 3.05) is 6.61 Å². The molecule has 4 nitrogen and oxygen atoms in total. The van der Waals surface area contributed by atoms with Crippen LogP contribution in [-0.2, 0) is 5.41 Å². The molecule has 2 aromatic heterocycles. The van der Waals surface area contributed by atoms with Gasteiger partial charge in [0.15, 0.2) is 5.82 Å². The zero-order valence-electron chi connectivity index (χ0n) is 15.2. The molecule has 2 heterocycles. The number of aromatic nitrogens is 3. The molecule has 134 valence electrons. The molecule has 4 rings (SSSR count). The molecule has 0 aromatic carbocycles. The number of nitrogens with zero attached hydrogens (tertiary/aromatic N) is 3. The minimum absolute atomic E-state index is 0.0262. The van der Waals surface area contributed by atoms with E-state index in [0.29, 0.717) is 16.9 Å². The van der Waals surface area contributed by atoms with Gasteiger partial charge in [-0.25, -0.2) is 9.67 Å². The summed E-state index contributed by atoms with van der Waals surface area (Å²) in [4.78, 5) is 4.51. The van der Waals surface area contributed by atoms with E-state index in [0.717, 1.165) is 29.9 Å². The molecular formula is C20H26ClN3O. The van der Waals surface area contributed by atoms with Gasteiger partial charge in [-0.1, -0.05) is 38.4 Å². The largest absolute Gasteiger partial charge is 0.476 e. The maximum atomic E-state index is 6.37. The number of rotatable bonds is 4. The third-order valence-electron chi connectivity index (χ3n) is 5.89. The second-order valence-corrected chi connectivity index (χ2v) is 8.86. The fourth-order valence-electron chi connectivity index (χ4n) is 4.46. The molecule has 0 N–H and O–H groups in total. The number of fused-ring (bicyclic) bond motifs is 2. The van der Waals surface area contributed by atoms with Crippen molar-refractivity contribution in [2.24, 2.45) is 17.8 Å². The van der Waals surface area contributed by atoms with E-state index >= 15 is 0 Å². The maximum absolute atomic E-state index is 6.37. The molecule has 0 unspecified atom stereocenters. The highest BCUT2D eigenvalue weighted by atomic mass is 35.5. The molecule has 2 fully saturated rings. The Balaban J connectivity index is 1.45. The van der Waals surface area contributed by atoms with Gasteiger partial charge in [-0.05, 0) is 60.5 Å². The molecule has 25 heavy (non-hydrogen) atoms. The monoisotopic (exact) mass is 359 g/mol. The Bertz CT molecular complexity index is 745. The van der Waals surface area contributed by atoms with Crippen molar-refractivity contribution in [3.8, 4) is 11.7 Å². The van der Waals surface area contributed by atoms with Gasteiger partial charge in [-0.15, -0.1) is 5.10 Å². The topological polar surface area (TPSA) is 39.9 Å². The molecule has 0 aliphatic heterocycles. The van der Waals surface area contributed by atoms with Gasteiger partial charge in [0.05, 0.1) is 6.61 Å². The van der Waals surface area contributed by atoms with E-state index in [1.54, 1.807) is 4.68 Å². The first-order valence-corrected chi connectivity index (χ1v) is 9.65. The van der Waals surface area contributed by atoms with E-state index in [2.05, 4.69) is 30.9 Å². The summed E-state index contributed by atoms with van der Waals surface area (Å²) in [6, 6.07) is 5.90. The first-order valence-electron chi connectivity index (χ1n) is 9.28. The van der Waals surface area contributed by atoms with E-state index < -0.39 is 0 Å². The van der Waals surface area contributed by atoms with Gasteiger partial charge in [0, 0.05) is 12.3 Å². The summed E-state index contributed by atoms with van der Waals surface area (Å²) in [5.41, 5.74) is 1.01. The second kappa shape index (κ2) is 6.31. The molecule has 2 aliphatic carbocycles. The fraction of sp³-hybridized carbons (Fsp3) is 0.600. The molecule has 0 spiro atoms. The van der Waals surface area contributed by atoms with Crippen LogP contribution in [0.1, 0.15) is 52.0 Å². The highest BCUT2D eigenvalue weighted by molar-refractivity contribution is 6.30. The second-order valence-electron chi connectivity index (χ2n) is 8.51. The Morgan fingerprint density at radius 2 is 1.80 bits per heavy atom. The molecule has 5 heteroatoms. The van der Waals surface area contributed by atoms with Crippen LogP contribution in [0.3, 0.4) is 0 Å². The zero-order valence-corrected chi connectivity index (χ0v) is 16.0. The average Bonchev–Trinajstić information content (AvgIpc) is 3.27. The number of hydrogen-bond acceptors (Lipinski definition) is 3. The standard InChI is InChI=1S/C20H26ClN3O/c1-20(2,3)16-8-9-17(22-19(16)21)24-11-10-18(23-24)25-12-15-13-4-5-14(15)7-6-13/h8-11,13-15H,4-7,12H2,1-3H3. The summed E-state index contributed by atoms with van der Waals surface area (Å²) in [6.07, 6.45) is 7.42. The Labute approximate surface area is 154 Å². The first-order chi connectivity index (χ1) is 11.9. The number of ether oxygens (including phenoxy) is 1. The minimum Gasteiger partial charge on any atom is -0.476 e. The highest BCUT2D eigenvalue weighted by Crippen LogP contribution is 2.49. The van der Waals surface area contributed by atoms with Crippen molar-refractivity contribution >= 4 is 11.6 Å². The zero-order chi connectivity index (χ0) is 17.6. The van der Waals surface area contributed by atoms with E-state index in [9.17, 15) is 0 Å². The SMILES string of the molecule is CC(C)(C)c1ccc(-n2ccc(OCC3C4CCC3CC4)n2)nc1Cl. The Morgan fingerprint density at radius 1 is 1.12 bits per heavy atom. The van der Waals surface area contributed by atoms with Crippen LogP contribution >= 0.6 is 11.6 Å². The van der Waals surface area contributed by atoms with Crippen LogP contribution in [0.5, 0.6) is 5.88 Å². The minimum atomic E-state index is -0.0262. The Hall–Kier alpha value is -1.55. The van der Waals surface area contributed by atoms with Crippen molar-refractivity contribution in [3.05, 3.63) is 35.1 Å². The van der Waals surface area contributed by atoms with Gasteiger partial charge < -0.3 is 4.74 Å². The summed E-state index contributed by atoms with van der Waals surface area (Å²) in [6.45, 7) is 7.19. The van der Waals surface area contributed by atoms with Crippen LogP contribution in [0, 0.1) is 17.8 Å². The van der Waals surface area contributed by atoms with Crippen LogP contribution in [0.4, 0.5) is 0 Å². The van der Waals surface area contributed by atoms with Crippen molar-refractivity contribution in [2.45, 2.75) is 51.9 Å². The summed E-state index contributed by atoms with van der Waals surface area (Å²) >= 11 is 6.37. The summed E-state index contributed by atoms with van der Waals surface area (Å²) in [5.74, 6) is 3.86. The third-order valence-corrected chi connectivity index (χ3v) is 6.18. The normalized spacial score (nSPS) is 25.5. The molecule has 0 radical (unpaired) electrons.